The van der Waals surface area contributed by atoms with Gasteiger partial charge >= 0.3 is 0 Å². The molecule has 0 saturated heterocycles. The van der Waals surface area contributed by atoms with Gasteiger partial charge in [0.05, 0.1) is 31.1 Å². The first kappa shape index (κ1) is 19.1. The van der Waals surface area contributed by atoms with Crippen LogP contribution >= 0.6 is 11.6 Å². The number of aromatic amines is 1. The van der Waals surface area contributed by atoms with Gasteiger partial charge in [-0.15, -0.1) is 0 Å². The van der Waals surface area contributed by atoms with E-state index in [0.717, 1.165) is 22.9 Å². The molecule has 2 heterocycles. The van der Waals surface area contributed by atoms with Gasteiger partial charge in [-0.2, -0.15) is 0 Å². The maximum absolute atomic E-state index is 12.2. The fraction of sp³-hybridized carbons (Fsp3) is 0.238. The number of hydrogen-bond donors (Lipinski definition) is 3. The van der Waals surface area contributed by atoms with Crippen LogP contribution in [0.5, 0.6) is 11.5 Å². The van der Waals surface area contributed by atoms with Crippen molar-refractivity contribution in [3.63, 3.8) is 0 Å². The summed E-state index contributed by atoms with van der Waals surface area (Å²) in [6.45, 7) is 1.07. The first-order chi connectivity index (χ1) is 14.1. The van der Waals surface area contributed by atoms with E-state index in [1.54, 1.807) is 18.3 Å². The van der Waals surface area contributed by atoms with Crippen molar-refractivity contribution >= 4 is 34.3 Å². The molecule has 8 heteroatoms. The van der Waals surface area contributed by atoms with Crippen LogP contribution in [0, 0.1) is 0 Å². The summed E-state index contributed by atoms with van der Waals surface area (Å²) in [7, 11) is 0. The number of ether oxygens (including phenoxy) is 2. The van der Waals surface area contributed by atoms with Crippen LogP contribution in [0.3, 0.4) is 0 Å². The molecular weight excluding hydrogens is 394 g/mol. The van der Waals surface area contributed by atoms with Crippen molar-refractivity contribution in [2.24, 2.45) is 0 Å². The number of H-pyrrole nitrogens is 1. The number of halogens is 1. The Kier molecular flexibility index (Phi) is 5.57. The summed E-state index contributed by atoms with van der Waals surface area (Å²) in [4.78, 5) is 27.6. The molecule has 3 aromatic rings. The van der Waals surface area contributed by atoms with E-state index >= 15 is 0 Å². The van der Waals surface area contributed by atoms with Crippen molar-refractivity contribution in [2.75, 3.05) is 13.2 Å². The van der Waals surface area contributed by atoms with Gasteiger partial charge in [0.2, 0.25) is 11.8 Å². The third-order valence-corrected chi connectivity index (χ3v) is 4.87. The number of aromatic nitrogens is 1. The van der Waals surface area contributed by atoms with E-state index < -0.39 is 0 Å². The van der Waals surface area contributed by atoms with Crippen LogP contribution in [0.1, 0.15) is 17.5 Å². The van der Waals surface area contributed by atoms with Gasteiger partial charge in [-0.1, -0.05) is 29.8 Å². The molecule has 1 aliphatic rings. The first-order valence-electron chi connectivity index (χ1n) is 9.31. The van der Waals surface area contributed by atoms with Gasteiger partial charge in [-0.05, 0) is 29.3 Å². The van der Waals surface area contributed by atoms with Gasteiger partial charge in [0.25, 0.3) is 0 Å². The van der Waals surface area contributed by atoms with Gasteiger partial charge in [-0.3, -0.25) is 20.4 Å². The summed E-state index contributed by atoms with van der Waals surface area (Å²) in [6.07, 6.45) is 2.76. The lowest BCUT2D eigenvalue weighted by atomic mass is 10.1. The minimum atomic E-state index is -0.358. The van der Waals surface area contributed by atoms with Crippen LogP contribution in [-0.4, -0.2) is 30.0 Å². The minimum Gasteiger partial charge on any atom is -0.489 e. The Bertz CT molecular complexity index is 1060. The van der Waals surface area contributed by atoms with E-state index in [2.05, 4.69) is 15.8 Å². The second-order valence-corrected chi connectivity index (χ2v) is 7.17. The van der Waals surface area contributed by atoms with E-state index in [9.17, 15) is 9.59 Å². The molecule has 7 nitrogen and oxygen atoms in total. The highest BCUT2D eigenvalue weighted by molar-refractivity contribution is 6.32. The largest absolute Gasteiger partial charge is 0.489 e. The first-order valence-corrected chi connectivity index (χ1v) is 9.68. The smallest absolute Gasteiger partial charge is 0.242 e. The zero-order valence-electron chi connectivity index (χ0n) is 15.6. The Morgan fingerprint density at radius 2 is 1.79 bits per heavy atom. The molecule has 0 aliphatic carbocycles. The molecule has 29 heavy (non-hydrogen) atoms. The van der Waals surface area contributed by atoms with Gasteiger partial charge in [0, 0.05) is 23.5 Å². The van der Waals surface area contributed by atoms with Crippen molar-refractivity contribution in [1.29, 1.82) is 0 Å². The summed E-state index contributed by atoms with van der Waals surface area (Å²) in [5.74, 6) is 0.365. The molecule has 3 N–H and O–H groups in total. The van der Waals surface area contributed by atoms with Crippen molar-refractivity contribution in [2.45, 2.75) is 19.3 Å². The van der Waals surface area contributed by atoms with E-state index in [4.69, 9.17) is 21.1 Å². The molecular formula is C21H20ClN3O4. The monoisotopic (exact) mass is 413 g/mol. The molecule has 1 aliphatic heterocycles. The fourth-order valence-corrected chi connectivity index (χ4v) is 3.54. The number of benzene rings is 2. The quantitative estimate of drug-likeness (QED) is 0.573. The Balaban J connectivity index is 1.33. The molecule has 2 aromatic carbocycles. The van der Waals surface area contributed by atoms with Crippen molar-refractivity contribution < 1.29 is 19.1 Å². The van der Waals surface area contributed by atoms with Gasteiger partial charge < -0.3 is 14.5 Å². The topological polar surface area (TPSA) is 92.4 Å². The van der Waals surface area contributed by atoms with Crippen LogP contribution in [-0.2, 0) is 22.4 Å². The highest BCUT2D eigenvalue weighted by atomic mass is 35.5. The van der Waals surface area contributed by atoms with Crippen LogP contribution < -0.4 is 20.3 Å². The van der Waals surface area contributed by atoms with E-state index in [-0.39, 0.29) is 24.7 Å². The number of carbonyl (C=O) groups excluding carboxylic acids is 2. The maximum Gasteiger partial charge on any atom is 0.242 e. The molecule has 0 atom stereocenters. The second kappa shape index (κ2) is 8.45. The molecule has 0 spiro atoms. The van der Waals surface area contributed by atoms with E-state index in [1.807, 2.05) is 24.3 Å². The highest BCUT2D eigenvalue weighted by Crippen LogP contribution is 2.38. The molecule has 4 rings (SSSR count). The normalized spacial score (nSPS) is 13.0. The van der Waals surface area contributed by atoms with Gasteiger partial charge in [0.15, 0.2) is 11.5 Å². The second-order valence-electron chi connectivity index (χ2n) is 6.76. The number of hydrazine groups is 1. The number of amides is 2. The molecule has 1 aromatic heterocycles. The summed E-state index contributed by atoms with van der Waals surface area (Å²) in [5.41, 5.74) is 7.39. The van der Waals surface area contributed by atoms with Crippen molar-refractivity contribution in [3.05, 3.63) is 58.7 Å². The van der Waals surface area contributed by atoms with Gasteiger partial charge in [0.1, 0.15) is 0 Å². The fourth-order valence-electron chi connectivity index (χ4n) is 3.25. The summed E-state index contributed by atoms with van der Waals surface area (Å²) in [5, 5.41) is 1.38. The zero-order chi connectivity index (χ0) is 20.2. The average Bonchev–Trinajstić information content (AvgIpc) is 2.94. The van der Waals surface area contributed by atoms with Crippen LogP contribution in [0.25, 0.3) is 10.9 Å². The van der Waals surface area contributed by atoms with Crippen molar-refractivity contribution in [1.82, 2.24) is 15.8 Å². The maximum atomic E-state index is 12.2. The zero-order valence-corrected chi connectivity index (χ0v) is 16.3. The summed E-state index contributed by atoms with van der Waals surface area (Å²) in [6, 6.07) is 11.1. The van der Waals surface area contributed by atoms with Crippen LogP contribution in [0.2, 0.25) is 5.02 Å². The lowest BCUT2D eigenvalue weighted by Gasteiger charge is -2.12. The Morgan fingerprint density at radius 1 is 1.03 bits per heavy atom. The van der Waals surface area contributed by atoms with Crippen molar-refractivity contribution in [3.8, 4) is 11.5 Å². The number of fused-ring (bicyclic) bond motifs is 2. The third kappa shape index (κ3) is 4.46. The number of hydrogen-bond acceptors (Lipinski definition) is 4. The highest BCUT2D eigenvalue weighted by Gasteiger charge is 2.17. The SMILES string of the molecule is O=C(Cc1cc(Cl)c2c(c1)OCCCO2)NNC(=O)Cc1c[nH]c2ccccc12. The Labute approximate surface area is 172 Å². The van der Waals surface area contributed by atoms with E-state index in [1.165, 1.54) is 0 Å². The van der Waals surface area contributed by atoms with E-state index in [0.29, 0.717) is 35.3 Å². The average molecular weight is 414 g/mol. The predicted octanol–water partition coefficient (Wildman–Crippen LogP) is 2.92. The molecule has 0 radical (unpaired) electrons. The lowest BCUT2D eigenvalue weighted by molar-refractivity contribution is -0.128. The number of carbonyl (C=O) groups is 2. The Morgan fingerprint density at radius 3 is 2.66 bits per heavy atom. The molecule has 2 amide bonds. The minimum absolute atomic E-state index is 0.0454. The number of nitrogens with one attached hydrogen (secondary N) is 3. The van der Waals surface area contributed by atoms with Gasteiger partial charge in [-0.25, -0.2) is 0 Å². The predicted molar refractivity (Wildman–Crippen MR) is 109 cm³/mol. The number of para-hydroxylation sites is 1. The third-order valence-electron chi connectivity index (χ3n) is 4.59. The lowest BCUT2D eigenvalue weighted by Crippen LogP contribution is -2.43. The molecule has 0 fully saturated rings. The Hall–Kier alpha value is -3.19. The van der Waals surface area contributed by atoms with Crippen LogP contribution in [0.15, 0.2) is 42.6 Å². The molecule has 150 valence electrons. The summed E-state index contributed by atoms with van der Waals surface area (Å²) >= 11 is 6.25. The number of rotatable bonds is 4. The summed E-state index contributed by atoms with van der Waals surface area (Å²) < 4.78 is 11.2. The molecule has 0 unspecified atom stereocenters. The molecule has 0 bridgehead atoms. The molecule has 0 saturated carbocycles. The van der Waals surface area contributed by atoms with Crippen LogP contribution in [0.4, 0.5) is 0 Å². The standard InChI is InChI=1S/C21H20ClN3O4/c22-16-8-13(9-18-21(16)29-7-3-6-28-18)10-19(26)24-25-20(27)11-14-12-23-17-5-2-1-4-15(14)17/h1-2,4-5,8-9,12,23H,3,6-7,10-11H2,(H,24,26)(H,25,27).